The molecule has 150 valence electrons. The van der Waals surface area contributed by atoms with Gasteiger partial charge in [0.2, 0.25) is 5.91 Å². The Labute approximate surface area is 167 Å². The van der Waals surface area contributed by atoms with Gasteiger partial charge in [-0.05, 0) is 44.0 Å². The molecule has 1 saturated heterocycles. The van der Waals surface area contributed by atoms with Crippen molar-refractivity contribution in [1.82, 2.24) is 20.1 Å². The molecule has 28 heavy (non-hydrogen) atoms. The van der Waals surface area contributed by atoms with Gasteiger partial charge in [-0.3, -0.25) is 14.7 Å². The first-order valence-corrected chi connectivity index (χ1v) is 9.82. The molecule has 1 aromatic heterocycles. The predicted octanol–water partition coefficient (Wildman–Crippen LogP) is 1.81. The lowest BCUT2D eigenvalue weighted by Crippen LogP contribution is -2.39. The van der Waals surface area contributed by atoms with Crippen molar-refractivity contribution in [2.24, 2.45) is 5.73 Å². The van der Waals surface area contributed by atoms with Crippen molar-refractivity contribution in [1.29, 1.82) is 0 Å². The molecule has 0 spiro atoms. The fraction of sp³-hybridized carbons (Fsp3) is 0.444. The topological polar surface area (TPSA) is 121 Å². The van der Waals surface area contributed by atoms with Crippen LogP contribution in [0, 0.1) is 0 Å². The van der Waals surface area contributed by atoms with Crippen LogP contribution in [-0.2, 0) is 16.1 Å². The van der Waals surface area contributed by atoms with E-state index in [1.165, 1.54) is 11.8 Å². The number of nitrogens with two attached hydrogens (primary N) is 1. The molecule has 0 saturated carbocycles. The number of primary amides is 1. The number of carbonyl (C=O) groups is 2. The quantitative estimate of drug-likeness (QED) is 0.674. The third-order valence-corrected chi connectivity index (χ3v) is 5.45. The molecule has 1 aromatic carbocycles. The monoisotopic (exact) mass is 405 g/mol. The molecule has 3 N–H and O–H groups in total. The lowest BCUT2D eigenvalue weighted by molar-refractivity contribution is -0.119. The van der Waals surface area contributed by atoms with E-state index in [1.54, 1.807) is 14.0 Å². The Morgan fingerprint density at radius 3 is 2.75 bits per heavy atom. The molecule has 1 aliphatic heterocycles. The highest BCUT2D eigenvalue weighted by Crippen LogP contribution is 2.29. The van der Waals surface area contributed by atoms with Crippen LogP contribution < -0.4 is 15.8 Å². The summed E-state index contributed by atoms with van der Waals surface area (Å²) >= 11 is 1.22. The van der Waals surface area contributed by atoms with Gasteiger partial charge in [-0.15, -0.1) is 10.2 Å². The predicted molar refractivity (Wildman–Crippen MR) is 104 cm³/mol. The molecule has 2 aromatic rings. The number of methoxy groups -OCH3 is 1. The second kappa shape index (κ2) is 9.07. The molecule has 3 amide bonds. The SMILES string of the molecule is COc1ccc(-c2nnc(S[C@@H](C)C(=O)NC(N)=O)n2C[C@H]2CCCO2)cc1. The van der Waals surface area contributed by atoms with E-state index in [0.717, 1.165) is 30.8 Å². The molecular weight excluding hydrogens is 382 g/mol. The van der Waals surface area contributed by atoms with Crippen LogP contribution >= 0.6 is 11.8 Å². The third-order valence-electron chi connectivity index (χ3n) is 4.37. The molecule has 3 rings (SSSR count). The van der Waals surface area contributed by atoms with Gasteiger partial charge in [0.1, 0.15) is 5.75 Å². The normalized spacial score (nSPS) is 17.3. The van der Waals surface area contributed by atoms with Crippen molar-refractivity contribution in [2.45, 2.75) is 42.8 Å². The number of rotatable bonds is 7. The fourth-order valence-electron chi connectivity index (χ4n) is 2.92. The molecule has 9 nitrogen and oxygen atoms in total. The fourth-order valence-corrected chi connectivity index (χ4v) is 3.78. The summed E-state index contributed by atoms with van der Waals surface area (Å²) in [6, 6.07) is 6.66. The van der Waals surface area contributed by atoms with Crippen LogP contribution in [-0.4, -0.2) is 51.8 Å². The van der Waals surface area contributed by atoms with E-state index in [0.29, 0.717) is 17.5 Å². The molecule has 2 heterocycles. The van der Waals surface area contributed by atoms with Crippen molar-refractivity contribution in [3.63, 3.8) is 0 Å². The maximum absolute atomic E-state index is 12.0. The minimum absolute atomic E-state index is 0.0714. The maximum Gasteiger partial charge on any atom is 0.318 e. The van der Waals surface area contributed by atoms with Crippen LogP contribution in [0.1, 0.15) is 19.8 Å². The lowest BCUT2D eigenvalue weighted by Gasteiger charge is -2.16. The highest BCUT2D eigenvalue weighted by Gasteiger charge is 2.25. The van der Waals surface area contributed by atoms with Gasteiger partial charge < -0.3 is 15.2 Å². The van der Waals surface area contributed by atoms with Crippen molar-refractivity contribution in [3.8, 4) is 17.1 Å². The molecule has 0 aliphatic carbocycles. The van der Waals surface area contributed by atoms with E-state index in [4.69, 9.17) is 15.2 Å². The molecule has 0 unspecified atom stereocenters. The largest absolute Gasteiger partial charge is 0.497 e. The minimum atomic E-state index is -0.878. The van der Waals surface area contributed by atoms with Gasteiger partial charge in [0.25, 0.3) is 0 Å². The van der Waals surface area contributed by atoms with Crippen LogP contribution in [0.25, 0.3) is 11.4 Å². The second-order valence-electron chi connectivity index (χ2n) is 6.39. The van der Waals surface area contributed by atoms with Gasteiger partial charge in [-0.25, -0.2) is 4.79 Å². The number of amides is 3. The standard InChI is InChI=1S/C18H23N5O4S/c1-11(16(24)20-17(19)25)28-18-22-21-15(12-5-7-13(26-2)8-6-12)23(18)10-14-4-3-9-27-14/h5-8,11,14H,3-4,9-10H2,1-2H3,(H3,19,20,24,25)/t11-,14+/m0/s1. The number of urea groups is 1. The van der Waals surface area contributed by atoms with Crippen LogP contribution in [0.15, 0.2) is 29.4 Å². The number of carbonyl (C=O) groups excluding carboxylic acids is 2. The van der Waals surface area contributed by atoms with Crippen molar-refractivity contribution in [2.75, 3.05) is 13.7 Å². The Morgan fingerprint density at radius 2 is 2.14 bits per heavy atom. The van der Waals surface area contributed by atoms with E-state index in [9.17, 15) is 9.59 Å². The highest BCUT2D eigenvalue weighted by atomic mass is 32.2. The first-order chi connectivity index (χ1) is 13.5. The molecule has 2 atom stereocenters. The number of hydrogen-bond donors (Lipinski definition) is 2. The zero-order valence-electron chi connectivity index (χ0n) is 15.8. The summed E-state index contributed by atoms with van der Waals surface area (Å²) in [5.74, 6) is 0.957. The van der Waals surface area contributed by atoms with E-state index in [-0.39, 0.29) is 6.10 Å². The summed E-state index contributed by atoms with van der Waals surface area (Å²) in [7, 11) is 1.61. The average Bonchev–Trinajstić information content (AvgIpc) is 3.32. The molecule has 0 radical (unpaired) electrons. The van der Waals surface area contributed by atoms with Crippen molar-refractivity contribution < 1.29 is 19.1 Å². The Bertz CT molecular complexity index is 833. The first kappa shape index (κ1) is 20.2. The minimum Gasteiger partial charge on any atom is -0.497 e. The van der Waals surface area contributed by atoms with Crippen LogP contribution in [0.3, 0.4) is 0 Å². The Hall–Kier alpha value is -2.59. The second-order valence-corrected chi connectivity index (χ2v) is 7.70. The van der Waals surface area contributed by atoms with Gasteiger partial charge in [-0.1, -0.05) is 11.8 Å². The Balaban J connectivity index is 1.87. The summed E-state index contributed by atoms with van der Waals surface area (Å²) in [6.07, 6.45) is 2.05. The smallest absolute Gasteiger partial charge is 0.318 e. The van der Waals surface area contributed by atoms with Gasteiger partial charge >= 0.3 is 6.03 Å². The Kier molecular flexibility index (Phi) is 6.53. The first-order valence-electron chi connectivity index (χ1n) is 8.94. The lowest BCUT2D eigenvalue weighted by atomic mass is 10.2. The number of nitrogens with one attached hydrogen (secondary N) is 1. The summed E-state index contributed by atoms with van der Waals surface area (Å²) in [6.45, 7) is 3.01. The van der Waals surface area contributed by atoms with Gasteiger partial charge in [0, 0.05) is 12.2 Å². The van der Waals surface area contributed by atoms with E-state index in [2.05, 4.69) is 15.5 Å². The number of hydrogen-bond acceptors (Lipinski definition) is 7. The van der Waals surface area contributed by atoms with Gasteiger partial charge in [-0.2, -0.15) is 0 Å². The number of ether oxygens (including phenoxy) is 2. The number of benzene rings is 1. The summed E-state index contributed by atoms with van der Waals surface area (Å²) in [5, 5.41) is 10.7. The van der Waals surface area contributed by atoms with Gasteiger partial charge in [0.15, 0.2) is 11.0 Å². The van der Waals surface area contributed by atoms with Crippen LogP contribution in [0.4, 0.5) is 4.79 Å². The maximum atomic E-state index is 12.0. The molecule has 0 bridgehead atoms. The number of nitrogens with zero attached hydrogens (tertiary/aromatic N) is 3. The number of imide groups is 1. The Morgan fingerprint density at radius 1 is 1.39 bits per heavy atom. The van der Waals surface area contributed by atoms with E-state index >= 15 is 0 Å². The number of aromatic nitrogens is 3. The summed E-state index contributed by atoms with van der Waals surface area (Å²) < 4.78 is 12.9. The summed E-state index contributed by atoms with van der Waals surface area (Å²) in [4.78, 5) is 23.0. The average molecular weight is 405 g/mol. The zero-order chi connectivity index (χ0) is 20.1. The van der Waals surface area contributed by atoms with Crippen LogP contribution in [0.5, 0.6) is 5.75 Å². The highest BCUT2D eigenvalue weighted by molar-refractivity contribution is 8.00. The molecule has 10 heteroatoms. The zero-order valence-corrected chi connectivity index (χ0v) is 16.6. The molecule has 1 aliphatic rings. The number of thioether (sulfide) groups is 1. The molecule has 1 fully saturated rings. The molecular formula is C18H23N5O4S. The van der Waals surface area contributed by atoms with Crippen molar-refractivity contribution in [3.05, 3.63) is 24.3 Å². The van der Waals surface area contributed by atoms with Crippen molar-refractivity contribution >= 4 is 23.7 Å². The van der Waals surface area contributed by atoms with E-state index < -0.39 is 17.2 Å². The third kappa shape index (κ3) is 4.82. The summed E-state index contributed by atoms with van der Waals surface area (Å²) in [5.41, 5.74) is 5.91. The van der Waals surface area contributed by atoms with E-state index in [1.807, 2.05) is 28.8 Å². The van der Waals surface area contributed by atoms with Crippen LogP contribution in [0.2, 0.25) is 0 Å². The van der Waals surface area contributed by atoms with Gasteiger partial charge in [0.05, 0.1) is 25.0 Å².